The first-order chi connectivity index (χ1) is 9.68. The number of carbonyl (C=O) groups excluding carboxylic acids is 2. The molecule has 1 heterocycles. The van der Waals surface area contributed by atoms with E-state index in [1.54, 1.807) is 12.1 Å². The second kappa shape index (κ2) is 6.79. The number of nitrogens with one attached hydrogen (secondary N) is 1. The van der Waals surface area contributed by atoms with Crippen molar-refractivity contribution in [3.05, 3.63) is 35.6 Å². The number of hydrogen-bond acceptors (Lipinski definition) is 3. The van der Waals surface area contributed by atoms with E-state index in [1.165, 1.54) is 23.2 Å². The van der Waals surface area contributed by atoms with Gasteiger partial charge in [-0.15, -0.1) is 0 Å². The molecule has 1 aromatic rings. The average molecular weight is 277 g/mol. The third-order valence-corrected chi connectivity index (χ3v) is 3.11. The first-order valence-corrected chi connectivity index (χ1v) is 6.55. The Morgan fingerprint density at radius 2 is 1.90 bits per heavy atom. The number of halogens is 1. The highest BCUT2D eigenvalue weighted by atomic mass is 19.1. The van der Waals surface area contributed by atoms with Gasteiger partial charge in [0.05, 0.1) is 6.21 Å². The van der Waals surface area contributed by atoms with Gasteiger partial charge >= 0.3 is 11.8 Å². The molecular weight excluding hydrogens is 261 g/mol. The number of piperidine rings is 1. The van der Waals surface area contributed by atoms with Gasteiger partial charge in [-0.3, -0.25) is 9.59 Å². The second-order valence-electron chi connectivity index (χ2n) is 4.57. The van der Waals surface area contributed by atoms with Crippen LogP contribution in [0, 0.1) is 5.82 Å². The summed E-state index contributed by atoms with van der Waals surface area (Å²) in [4.78, 5) is 24.9. The largest absolute Gasteiger partial charge is 0.334 e. The zero-order valence-electron chi connectivity index (χ0n) is 11.0. The van der Waals surface area contributed by atoms with Crippen molar-refractivity contribution in [2.45, 2.75) is 19.3 Å². The average Bonchev–Trinajstić information content (AvgIpc) is 2.49. The first-order valence-electron chi connectivity index (χ1n) is 6.55. The fraction of sp³-hybridized carbons (Fsp3) is 0.357. The van der Waals surface area contributed by atoms with Gasteiger partial charge in [-0.2, -0.15) is 5.10 Å². The van der Waals surface area contributed by atoms with Gasteiger partial charge < -0.3 is 4.90 Å². The predicted octanol–water partition coefficient (Wildman–Crippen LogP) is 1.29. The summed E-state index contributed by atoms with van der Waals surface area (Å²) in [6.07, 6.45) is 4.09. The van der Waals surface area contributed by atoms with Gasteiger partial charge in [-0.1, -0.05) is 18.2 Å². The van der Waals surface area contributed by atoms with Gasteiger partial charge in [-0.05, 0) is 25.3 Å². The van der Waals surface area contributed by atoms with Crippen LogP contribution in [0.15, 0.2) is 29.4 Å². The molecule has 2 amide bonds. The molecule has 106 valence electrons. The summed E-state index contributed by atoms with van der Waals surface area (Å²) in [6, 6.07) is 6.04. The zero-order valence-corrected chi connectivity index (χ0v) is 11.0. The molecule has 0 saturated carbocycles. The minimum absolute atomic E-state index is 0.248. The summed E-state index contributed by atoms with van der Waals surface area (Å²) in [6.45, 7) is 1.20. The van der Waals surface area contributed by atoms with Crippen LogP contribution in [0.5, 0.6) is 0 Å². The highest BCUT2D eigenvalue weighted by Gasteiger charge is 2.22. The fourth-order valence-electron chi connectivity index (χ4n) is 2.03. The molecule has 1 fully saturated rings. The maximum absolute atomic E-state index is 13.3. The molecule has 1 aliphatic rings. The number of hydrazone groups is 1. The van der Waals surface area contributed by atoms with E-state index in [-0.39, 0.29) is 5.56 Å². The third kappa shape index (κ3) is 3.63. The van der Waals surface area contributed by atoms with Crippen LogP contribution in [0.1, 0.15) is 24.8 Å². The number of rotatable bonds is 2. The molecule has 20 heavy (non-hydrogen) atoms. The van der Waals surface area contributed by atoms with Crippen LogP contribution in [0.4, 0.5) is 4.39 Å². The van der Waals surface area contributed by atoms with Crippen molar-refractivity contribution in [1.29, 1.82) is 0 Å². The zero-order chi connectivity index (χ0) is 14.4. The van der Waals surface area contributed by atoms with Crippen LogP contribution in [0.3, 0.4) is 0 Å². The Kier molecular flexibility index (Phi) is 4.81. The van der Waals surface area contributed by atoms with Gasteiger partial charge in [0.25, 0.3) is 0 Å². The normalized spacial score (nSPS) is 15.3. The Morgan fingerprint density at radius 3 is 2.60 bits per heavy atom. The van der Waals surface area contributed by atoms with Crippen LogP contribution < -0.4 is 5.43 Å². The van der Waals surface area contributed by atoms with Gasteiger partial charge in [0.2, 0.25) is 0 Å². The lowest BCUT2D eigenvalue weighted by Gasteiger charge is -2.25. The summed E-state index contributed by atoms with van der Waals surface area (Å²) in [5.41, 5.74) is 2.38. The number of hydrogen-bond donors (Lipinski definition) is 1. The highest BCUT2D eigenvalue weighted by molar-refractivity contribution is 6.35. The molecule has 0 atom stereocenters. The van der Waals surface area contributed by atoms with E-state index in [0.29, 0.717) is 13.1 Å². The number of nitrogens with zero attached hydrogens (tertiary/aromatic N) is 2. The molecule has 0 aromatic heterocycles. The summed E-state index contributed by atoms with van der Waals surface area (Å²) >= 11 is 0. The molecule has 1 N–H and O–H groups in total. The molecule has 0 unspecified atom stereocenters. The molecule has 0 bridgehead atoms. The van der Waals surface area contributed by atoms with E-state index in [2.05, 4.69) is 10.5 Å². The SMILES string of the molecule is O=C(N/N=C\c1ccccc1F)C(=O)N1CCCCC1. The van der Waals surface area contributed by atoms with E-state index in [4.69, 9.17) is 0 Å². The molecule has 6 heteroatoms. The van der Waals surface area contributed by atoms with E-state index in [0.717, 1.165) is 19.3 Å². The number of benzene rings is 1. The van der Waals surface area contributed by atoms with Crippen LogP contribution in [-0.2, 0) is 9.59 Å². The quantitative estimate of drug-likeness (QED) is 0.503. The molecule has 0 spiro atoms. The smallest absolute Gasteiger partial charge is 0.329 e. The summed E-state index contributed by atoms with van der Waals surface area (Å²) in [7, 11) is 0. The number of carbonyl (C=O) groups is 2. The second-order valence-corrected chi connectivity index (χ2v) is 4.57. The minimum atomic E-state index is -0.792. The number of likely N-dealkylation sites (tertiary alicyclic amines) is 1. The van der Waals surface area contributed by atoms with E-state index in [9.17, 15) is 14.0 Å². The standard InChI is InChI=1S/C14H16FN3O2/c15-12-7-3-2-6-11(12)10-16-17-13(19)14(20)18-8-4-1-5-9-18/h2-3,6-7,10H,1,4-5,8-9H2,(H,17,19)/b16-10-. The monoisotopic (exact) mass is 277 g/mol. The van der Waals surface area contributed by atoms with Crippen molar-refractivity contribution in [2.75, 3.05) is 13.1 Å². The summed E-state index contributed by atoms with van der Waals surface area (Å²) in [5, 5.41) is 3.61. The van der Waals surface area contributed by atoms with Gasteiger partial charge in [0, 0.05) is 18.7 Å². The highest BCUT2D eigenvalue weighted by Crippen LogP contribution is 2.08. The summed E-state index contributed by atoms with van der Waals surface area (Å²) in [5.74, 6) is -1.82. The molecule has 2 rings (SSSR count). The topological polar surface area (TPSA) is 61.8 Å². The van der Waals surface area contributed by atoms with Crippen LogP contribution in [-0.4, -0.2) is 36.0 Å². The van der Waals surface area contributed by atoms with E-state index in [1.807, 2.05) is 0 Å². The van der Waals surface area contributed by atoms with E-state index < -0.39 is 17.6 Å². The molecule has 1 aliphatic heterocycles. The van der Waals surface area contributed by atoms with Crippen molar-refractivity contribution in [3.63, 3.8) is 0 Å². The van der Waals surface area contributed by atoms with Gasteiger partial charge in [0.15, 0.2) is 0 Å². The molecular formula is C14H16FN3O2. The lowest BCUT2D eigenvalue weighted by atomic mass is 10.1. The van der Waals surface area contributed by atoms with Gasteiger partial charge in [-0.25, -0.2) is 9.82 Å². The van der Waals surface area contributed by atoms with Crippen LogP contribution >= 0.6 is 0 Å². The van der Waals surface area contributed by atoms with Crippen LogP contribution in [0.25, 0.3) is 0 Å². The first kappa shape index (κ1) is 14.2. The maximum Gasteiger partial charge on any atom is 0.329 e. The minimum Gasteiger partial charge on any atom is -0.334 e. The Morgan fingerprint density at radius 1 is 1.20 bits per heavy atom. The lowest BCUT2D eigenvalue weighted by molar-refractivity contribution is -0.146. The van der Waals surface area contributed by atoms with Crippen molar-refractivity contribution in [2.24, 2.45) is 5.10 Å². The van der Waals surface area contributed by atoms with Gasteiger partial charge in [0.1, 0.15) is 5.82 Å². The third-order valence-electron chi connectivity index (χ3n) is 3.11. The van der Waals surface area contributed by atoms with Crippen LogP contribution in [0.2, 0.25) is 0 Å². The summed E-state index contributed by atoms with van der Waals surface area (Å²) < 4.78 is 13.3. The molecule has 0 aliphatic carbocycles. The Bertz CT molecular complexity index is 525. The Labute approximate surface area is 116 Å². The Hall–Kier alpha value is -2.24. The lowest BCUT2D eigenvalue weighted by Crippen LogP contribution is -2.43. The van der Waals surface area contributed by atoms with Crippen molar-refractivity contribution < 1.29 is 14.0 Å². The van der Waals surface area contributed by atoms with Crippen molar-refractivity contribution >= 4 is 18.0 Å². The van der Waals surface area contributed by atoms with Crippen molar-refractivity contribution in [1.82, 2.24) is 10.3 Å². The fourth-order valence-corrected chi connectivity index (χ4v) is 2.03. The predicted molar refractivity (Wildman–Crippen MR) is 72.6 cm³/mol. The van der Waals surface area contributed by atoms with Crippen molar-refractivity contribution in [3.8, 4) is 0 Å². The number of amides is 2. The molecule has 5 nitrogen and oxygen atoms in total. The van der Waals surface area contributed by atoms with E-state index >= 15 is 0 Å². The Balaban J connectivity index is 1.88. The molecule has 0 radical (unpaired) electrons. The molecule has 1 aromatic carbocycles. The molecule has 1 saturated heterocycles. The maximum atomic E-state index is 13.3.